The predicted octanol–water partition coefficient (Wildman–Crippen LogP) is 9.24. The number of aromatic nitrogens is 6. The van der Waals surface area contributed by atoms with Gasteiger partial charge < -0.3 is 44.4 Å². The molecule has 3 N–H and O–H groups in total. The summed E-state index contributed by atoms with van der Waals surface area (Å²) in [5.74, 6) is -7.08. The van der Waals surface area contributed by atoms with Crippen molar-refractivity contribution in [3.63, 3.8) is 0 Å². The highest BCUT2D eigenvalue weighted by Gasteiger charge is 2.34. The molecule has 0 spiro atoms. The number of nitrogens with one attached hydrogen (secondary N) is 3. The van der Waals surface area contributed by atoms with Gasteiger partial charge in [0, 0.05) is 35.3 Å². The zero-order chi connectivity index (χ0) is 67.5. The van der Waals surface area contributed by atoms with Gasteiger partial charge in [0.1, 0.15) is 52.3 Å². The number of carbonyl (C=O) groups excluding carboxylic acids is 6. The molecule has 6 aromatic carbocycles. The van der Waals surface area contributed by atoms with Crippen LogP contribution in [0.15, 0.2) is 215 Å². The summed E-state index contributed by atoms with van der Waals surface area (Å²) in [5, 5.41) is 5.27. The van der Waals surface area contributed by atoms with E-state index >= 15 is 0 Å². The van der Waals surface area contributed by atoms with Crippen LogP contribution < -0.4 is 33.0 Å². The fourth-order valence-electron chi connectivity index (χ4n) is 8.96. The number of benzene rings is 6. The van der Waals surface area contributed by atoms with E-state index < -0.39 is 120 Å². The van der Waals surface area contributed by atoms with Crippen molar-refractivity contribution in [3.05, 3.63) is 283 Å². The first-order valence-electron chi connectivity index (χ1n) is 29.0. The van der Waals surface area contributed by atoms with E-state index in [-0.39, 0.29) is 39.6 Å². The smallest absolute Gasteiger partial charge is 0.350 e. The van der Waals surface area contributed by atoms with Gasteiger partial charge in [-0.05, 0) is 72.8 Å². The molecule has 0 bridgehead atoms. The average molecular weight is 1370 g/mol. The van der Waals surface area contributed by atoms with Gasteiger partial charge in [0.2, 0.25) is 0 Å². The van der Waals surface area contributed by atoms with Gasteiger partial charge in [-0.3, -0.25) is 28.1 Å². The molecule has 0 saturated carbocycles. The number of hydrogen-bond acceptors (Lipinski definition) is 21. The second-order valence-electron chi connectivity index (χ2n) is 20.3. The van der Waals surface area contributed by atoms with Gasteiger partial charge in [0.15, 0.2) is 34.9 Å². The molecule has 24 nitrogen and oxygen atoms in total. The highest BCUT2D eigenvalue weighted by atomic mass is 32.2. The van der Waals surface area contributed by atoms with Crippen molar-refractivity contribution in [1.82, 2.24) is 28.7 Å². The number of carbonyl (C=O) groups is 6. The lowest BCUT2D eigenvalue weighted by atomic mass is 10.2. The molecule has 96 heavy (non-hydrogen) atoms. The SMILES string of the molecule is O=C(Nc1nc(=O)n([C@@H]2CO[C@@H](COC(=O)c3ccccc3)S2)cc1F)c1ccccc1.O=C(Nc1nc(=O)n([C@H]2CO[C@@H](COC(=O)c3ccccc3)S2)cc1F)c1ccccc1.O=C(Nc1nc(=O)n([C@H]2CO[C@@H](COC(=O)c3ccccc3)S2)cc1F)c1ccccc1. The van der Waals surface area contributed by atoms with Gasteiger partial charge in [-0.2, -0.15) is 15.0 Å². The zero-order valence-corrected chi connectivity index (χ0v) is 52.4. The summed E-state index contributed by atoms with van der Waals surface area (Å²) in [6.07, 6.45) is 2.94. The van der Waals surface area contributed by atoms with E-state index in [0.717, 1.165) is 32.3 Å². The predicted molar refractivity (Wildman–Crippen MR) is 348 cm³/mol. The van der Waals surface area contributed by atoms with Gasteiger partial charge in [-0.1, -0.05) is 144 Å². The molecule has 6 atom stereocenters. The van der Waals surface area contributed by atoms with Crippen LogP contribution in [-0.4, -0.2) is 120 Å². The van der Waals surface area contributed by atoms with E-state index in [2.05, 4.69) is 30.9 Å². The quantitative estimate of drug-likeness (QED) is 0.0532. The topological polar surface area (TPSA) is 299 Å². The molecule has 0 unspecified atom stereocenters. The molecule has 12 rings (SSSR count). The lowest BCUT2D eigenvalue weighted by molar-refractivity contribution is 0.0268. The number of ether oxygens (including phenoxy) is 6. The Hall–Kier alpha value is -10.5. The Labute approximate surface area is 555 Å². The van der Waals surface area contributed by atoms with Crippen LogP contribution in [-0.2, 0) is 28.4 Å². The van der Waals surface area contributed by atoms with Crippen molar-refractivity contribution in [2.45, 2.75) is 32.4 Å². The van der Waals surface area contributed by atoms with Crippen molar-refractivity contribution >= 4 is 88.4 Å². The number of rotatable bonds is 18. The van der Waals surface area contributed by atoms with E-state index in [1.165, 1.54) is 35.3 Å². The van der Waals surface area contributed by atoms with Crippen LogP contribution in [0.25, 0.3) is 0 Å². The Bertz CT molecular complexity index is 3960. The van der Waals surface area contributed by atoms with Crippen molar-refractivity contribution in [3.8, 4) is 0 Å². The van der Waals surface area contributed by atoms with Gasteiger partial charge >= 0.3 is 35.0 Å². The van der Waals surface area contributed by atoms with E-state index in [1.807, 2.05) is 0 Å². The summed E-state index contributed by atoms with van der Waals surface area (Å²) in [4.78, 5) is 121. The Balaban J connectivity index is 0.000000157. The first-order chi connectivity index (χ1) is 46.5. The molecule has 6 heterocycles. The highest BCUT2D eigenvalue weighted by Crippen LogP contribution is 2.38. The molecule has 3 aliphatic rings. The Morgan fingerprint density at radius 3 is 0.823 bits per heavy atom. The van der Waals surface area contributed by atoms with Gasteiger partial charge in [0.25, 0.3) is 17.7 Å². The Morgan fingerprint density at radius 1 is 0.375 bits per heavy atom. The Morgan fingerprint density at radius 2 is 0.594 bits per heavy atom. The number of hydrogen-bond donors (Lipinski definition) is 3. The molecule has 3 saturated heterocycles. The largest absolute Gasteiger partial charge is 0.458 e. The standard InChI is InChI=1S/3C22H18FN3O5S/c3*23-16-11-26(22(29)25-19(16)24-20(27)14-7-3-1-4-8-14)17-12-30-18(32-17)13-31-21(28)15-9-5-2-6-10-15/h3*1-11,17-18H,12-13H2,(H,24,25,27,29)/t17-,18+;2*17-,18-/m011/s1. The minimum absolute atomic E-state index is 0.0230. The van der Waals surface area contributed by atoms with E-state index in [4.69, 9.17) is 28.4 Å². The minimum atomic E-state index is -0.853. The van der Waals surface area contributed by atoms with E-state index in [9.17, 15) is 56.3 Å². The second kappa shape index (κ2) is 33.1. The number of thioether (sulfide) groups is 3. The lowest BCUT2D eigenvalue weighted by Gasteiger charge is -2.13. The fourth-order valence-corrected chi connectivity index (χ4v) is 12.2. The third kappa shape index (κ3) is 18.5. The molecule has 3 aliphatic heterocycles. The average Bonchev–Trinajstić information content (AvgIpc) is 1.54. The van der Waals surface area contributed by atoms with Crippen LogP contribution in [0.2, 0.25) is 0 Å². The molecule has 3 fully saturated rings. The monoisotopic (exact) mass is 1370 g/mol. The van der Waals surface area contributed by atoms with Gasteiger partial charge in [-0.15, -0.1) is 0 Å². The molecular formula is C66H54F3N9O15S3. The third-order valence-corrected chi connectivity index (χ3v) is 17.5. The van der Waals surface area contributed by atoms with Crippen LogP contribution in [0, 0.1) is 17.5 Å². The van der Waals surface area contributed by atoms with Crippen LogP contribution in [0.3, 0.4) is 0 Å². The normalized spacial score (nSPS) is 17.7. The third-order valence-electron chi connectivity index (χ3n) is 13.7. The van der Waals surface area contributed by atoms with Crippen LogP contribution >= 0.6 is 35.3 Å². The molecular weight excluding hydrogens is 1310 g/mol. The van der Waals surface area contributed by atoms with Crippen molar-refractivity contribution < 1.29 is 70.4 Å². The summed E-state index contributed by atoms with van der Waals surface area (Å²) in [7, 11) is 0. The summed E-state index contributed by atoms with van der Waals surface area (Å²) < 4.78 is 79.3. The molecule has 3 aromatic heterocycles. The van der Waals surface area contributed by atoms with Gasteiger partial charge in [0.05, 0.1) is 36.5 Å². The van der Waals surface area contributed by atoms with Crippen LogP contribution in [0.4, 0.5) is 30.6 Å². The maximum Gasteiger partial charge on any atom is 0.350 e. The number of amides is 3. The molecule has 0 radical (unpaired) electrons. The minimum Gasteiger partial charge on any atom is -0.458 e. The van der Waals surface area contributed by atoms with E-state index in [0.29, 0.717) is 33.4 Å². The summed E-state index contributed by atoms with van der Waals surface area (Å²) in [6.45, 7) is 0.249. The molecule has 30 heteroatoms. The van der Waals surface area contributed by atoms with Gasteiger partial charge in [-0.25, -0.2) is 41.9 Å². The van der Waals surface area contributed by atoms with Crippen molar-refractivity contribution in [1.29, 1.82) is 0 Å². The highest BCUT2D eigenvalue weighted by molar-refractivity contribution is 8.00. The fraction of sp³-hybridized carbons (Fsp3) is 0.182. The maximum absolute atomic E-state index is 14.5. The number of esters is 3. The van der Waals surface area contributed by atoms with Crippen LogP contribution in [0.1, 0.15) is 78.3 Å². The first kappa shape index (κ1) is 68.4. The van der Waals surface area contributed by atoms with Crippen molar-refractivity contribution in [2.75, 3.05) is 55.6 Å². The first-order valence-corrected chi connectivity index (χ1v) is 31.8. The van der Waals surface area contributed by atoms with Crippen molar-refractivity contribution in [2.24, 2.45) is 0 Å². The zero-order valence-electron chi connectivity index (χ0n) is 49.9. The molecule has 3 amide bonds. The molecule has 0 aliphatic carbocycles. The Kier molecular flexibility index (Phi) is 23.5. The molecule has 492 valence electrons. The summed E-state index contributed by atoms with van der Waals surface area (Å²) >= 11 is 3.63. The van der Waals surface area contributed by atoms with E-state index in [1.54, 1.807) is 182 Å². The molecule has 9 aromatic rings. The summed E-state index contributed by atoms with van der Waals surface area (Å²) in [6, 6.07) is 50.2. The maximum atomic E-state index is 14.5. The number of halogens is 3. The summed E-state index contributed by atoms with van der Waals surface area (Å²) in [5.41, 5.74) is -1.57. The lowest BCUT2D eigenvalue weighted by Crippen LogP contribution is -2.28. The second-order valence-corrected chi connectivity index (χ2v) is 24.3. The number of nitrogens with zero attached hydrogens (tertiary/aromatic N) is 6. The number of anilines is 3. The van der Waals surface area contributed by atoms with Crippen LogP contribution in [0.5, 0.6) is 0 Å².